The van der Waals surface area contributed by atoms with Crippen LogP contribution in [0.15, 0.2) is 0 Å². The van der Waals surface area contributed by atoms with Crippen LogP contribution >= 0.6 is 23.5 Å². The van der Waals surface area contributed by atoms with Crippen molar-refractivity contribution in [3.05, 3.63) is 0 Å². The first-order chi connectivity index (χ1) is 7.91. The van der Waals surface area contributed by atoms with Crippen molar-refractivity contribution in [2.45, 2.75) is 30.0 Å². The van der Waals surface area contributed by atoms with Crippen molar-refractivity contribution in [3.63, 3.8) is 0 Å². The number of thioether (sulfide) groups is 2. The van der Waals surface area contributed by atoms with Crippen LogP contribution in [0.3, 0.4) is 0 Å². The SMILES string of the molecule is CC(C)NC(=O)C1(C#N)SCC(N(C)C)CS1. The van der Waals surface area contributed by atoms with Crippen LogP contribution in [-0.2, 0) is 4.79 Å². The van der Waals surface area contributed by atoms with Gasteiger partial charge in [0, 0.05) is 23.6 Å². The number of nitrogens with zero attached hydrogens (tertiary/aromatic N) is 2. The van der Waals surface area contributed by atoms with Crippen LogP contribution in [0.2, 0.25) is 0 Å². The van der Waals surface area contributed by atoms with E-state index in [0.29, 0.717) is 6.04 Å². The van der Waals surface area contributed by atoms with E-state index in [1.807, 2.05) is 27.9 Å². The summed E-state index contributed by atoms with van der Waals surface area (Å²) in [4.78, 5) is 14.2. The van der Waals surface area contributed by atoms with E-state index >= 15 is 0 Å². The first-order valence-electron chi connectivity index (χ1n) is 5.58. The molecule has 0 bridgehead atoms. The third-order valence-corrected chi connectivity index (χ3v) is 5.73. The van der Waals surface area contributed by atoms with Crippen LogP contribution in [-0.4, -0.2) is 52.6 Å². The maximum Gasteiger partial charge on any atom is 0.261 e. The maximum atomic E-state index is 12.0. The highest BCUT2D eigenvalue weighted by Gasteiger charge is 2.44. The van der Waals surface area contributed by atoms with Gasteiger partial charge in [0.15, 0.2) is 0 Å². The molecule has 17 heavy (non-hydrogen) atoms. The van der Waals surface area contributed by atoms with Gasteiger partial charge in [-0.15, -0.1) is 23.5 Å². The normalized spacial score (nSPS) is 29.1. The van der Waals surface area contributed by atoms with Crippen molar-refractivity contribution in [2.24, 2.45) is 0 Å². The second-order valence-corrected chi connectivity index (χ2v) is 7.32. The van der Waals surface area contributed by atoms with Crippen molar-refractivity contribution in [3.8, 4) is 6.07 Å². The number of amides is 1. The molecule has 0 aromatic carbocycles. The zero-order valence-corrected chi connectivity index (χ0v) is 12.3. The van der Waals surface area contributed by atoms with Gasteiger partial charge < -0.3 is 10.2 Å². The number of hydrogen-bond acceptors (Lipinski definition) is 5. The summed E-state index contributed by atoms with van der Waals surface area (Å²) in [5, 5.41) is 12.1. The van der Waals surface area contributed by atoms with E-state index in [-0.39, 0.29) is 11.9 Å². The van der Waals surface area contributed by atoms with Gasteiger partial charge in [-0.25, -0.2) is 0 Å². The maximum absolute atomic E-state index is 12.0. The summed E-state index contributed by atoms with van der Waals surface area (Å²) < 4.78 is -0.962. The largest absolute Gasteiger partial charge is 0.351 e. The van der Waals surface area contributed by atoms with E-state index in [1.165, 1.54) is 23.5 Å². The van der Waals surface area contributed by atoms with Gasteiger partial charge in [-0.3, -0.25) is 4.79 Å². The Morgan fingerprint density at radius 1 is 1.47 bits per heavy atom. The predicted octanol–water partition coefficient (Wildman–Crippen LogP) is 1.14. The molecule has 1 heterocycles. The average molecular weight is 273 g/mol. The van der Waals surface area contributed by atoms with Gasteiger partial charge in [-0.05, 0) is 27.9 Å². The Labute approximate surface area is 111 Å². The Hall–Kier alpha value is -0.380. The van der Waals surface area contributed by atoms with E-state index in [0.717, 1.165) is 11.5 Å². The molecule has 0 aromatic rings. The number of nitrogens with one attached hydrogen (secondary N) is 1. The zero-order valence-electron chi connectivity index (χ0n) is 10.7. The number of carbonyl (C=O) groups excluding carboxylic acids is 1. The molecule has 1 amide bonds. The van der Waals surface area contributed by atoms with Crippen LogP contribution in [0.4, 0.5) is 0 Å². The molecule has 1 aliphatic rings. The third-order valence-electron chi connectivity index (χ3n) is 2.55. The molecule has 1 aliphatic heterocycles. The lowest BCUT2D eigenvalue weighted by Crippen LogP contribution is -2.49. The Balaban J connectivity index is 2.68. The lowest BCUT2D eigenvalue weighted by atomic mass is 10.3. The summed E-state index contributed by atoms with van der Waals surface area (Å²) in [7, 11) is 4.05. The molecule has 6 heteroatoms. The van der Waals surface area contributed by atoms with Crippen molar-refractivity contribution in [1.82, 2.24) is 10.2 Å². The van der Waals surface area contributed by atoms with Crippen LogP contribution in [0.5, 0.6) is 0 Å². The molecule has 1 saturated heterocycles. The van der Waals surface area contributed by atoms with Gasteiger partial charge in [-0.1, -0.05) is 0 Å². The second kappa shape index (κ2) is 5.98. The zero-order chi connectivity index (χ0) is 13.1. The summed E-state index contributed by atoms with van der Waals surface area (Å²) in [5.41, 5.74) is 0. The first-order valence-corrected chi connectivity index (χ1v) is 7.55. The molecule has 1 rings (SSSR count). The Morgan fingerprint density at radius 2 is 2.00 bits per heavy atom. The molecule has 0 saturated carbocycles. The summed E-state index contributed by atoms with van der Waals surface area (Å²) in [5.74, 6) is 1.47. The summed E-state index contributed by atoms with van der Waals surface area (Å²) in [6.45, 7) is 3.81. The highest BCUT2D eigenvalue weighted by atomic mass is 32.2. The van der Waals surface area contributed by atoms with Crippen molar-refractivity contribution in [2.75, 3.05) is 25.6 Å². The summed E-state index contributed by atoms with van der Waals surface area (Å²) in [6.07, 6.45) is 0. The minimum atomic E-state index is -0.962. The highest BCUT2D eigenvalue weighted by molar-refractivity contribution is 8.20. The fourth-order valence-electron chi connectivity index (χ4n) is 1.42. The molecule has 96 valence electrons. The molecule has 1 fully saturated rings. The molecule has 0 atom stereocenters. The molecule has 0 aliphatic carbocycles. The molecule has 1 N–H and O–H groups in total. The summed E-state index contributed by atoms with van der Waals surface area (Å²) >= 11 is 2.89. The van der Waals surface area contributed by atoms with Gasteiger partial charge in [0.2, 0.25) is 4.08 Å². The third kappa shape index (κ3) is 3.54. The van der Waals surface area contributed by atoms with E-state index in [1.54, 1.807) is 0 Å². The molecular formula is C11H19N3OS2. The van der Waals surface area contributed by atoms with Crippen LogP contribution < -0.4 is 5.32 Å². The van der Waals surface area contributed by atoms with E-state index in [4.69, 9.17) is 0 Å². The summed E-state index contributed by atoms with van der Waals surface area (Å²) in [6, 6.07) is 2.68. The lowest BCUT2D eigenvalue weighted by Gasteiger charge is -2.35. The van der Waals surface area contributed by atoms with Gasteiger partial charge in [0.1, 0.15) is 6.07 Å². The van der Waals surface area contributed by atoms with Gasteiger partial charge >= 0.3 is 0 Å². The van der Waals surface area contributed by atoms with E-state index in [9.17, 15) is 10.1 Å². The monoisotopic (exact) mass is 273 g/mol. The number of nitriles is 1. The molecule has 0 aromatic heterocycles. The Morgan fingerprint density at radius 3 is 2.35 bits per heavy atom. The van der Waals surface area contributed by atoms with Crippen molar-refractivity contribution in [1.29, 1.82) is 5.26 Å². The minimum absolute atomic E-state index is 0.0699. The molecule has 0 spiro atoms. The first kappa shape index (κ1) is 14.7. The van der Waals surface area contributed by atoms with E-state index in [2.05, 4.69) is 16.3 Å². The van der Waals surface area contributed by atoms with Gasteiger partial charge in [-0.2, -0.15) is 5.26 Å². The number of hydrogen-bond donors (Lipinski definition) is 1. The average Bonchev–Trinajstić information content (AvgIpc) is 2.28. The molecule has 4 nitrogen and oxygen atoms in total. The standard InChI is InChI=1S/C11H19N3OS2/c1-8(2)13-10(15)11(7-12)16-5-9(6-17-11)14(3)4/h8-9H,5-6H2,1-4H3,(H,13,15). The lowest BCUT2D eigenvalue weighted by molar-refractivity contribution is -0.120. The number of rotatable bonds is 3. The fraction of sp³-hybridized carbons (Fsp3) is 0.818. The van der Waals surface area contributed by atoms with Gasteiger partial charge in [0.05, 0.1) is 0 Å². The van der Waals surface area contributed by atoms with Crippen LogP contribution in [0, 0.1) is 11.3 Å². The number of carbonyl (C=O) groups is 1. The smallest absolute Gasteiger partial charge is 0.261 e. The minimum Gasteiger partial charge on any atom is -0.351 e. The van der Waals surface area contributed by atoms with E-state index < -0.39 is 4.08 Å². The fourth-order valence-corrected chi connectivity index (χ4v) is 4.50. The van der Waals surface area contributed by atoms with Crippen molar-refractivity contribution >= 4 is 29.4 Å². The second-order valence-electron chi connectivity index (χ2n) is 4.60. The quantitative estimate of drug-likeness (QED) is 0.836. The Kier molecular flexibility index (Phi) is 5.17. The van der Waals surface area contributed by atoms with Crippen molar-refractivity contribution < 1.29 is 4.79 Å². The topological polar surface area (TPSA) is 56.1 Å². The van der Waals surface area contributed by atoms with Gasteiger partial charge in [0.25, 0.3) is 5.91 Å². The van der Waals surface area contributed by atoms with Crippen LogP contribution in [0.1, 0.15) is 13.8 Å². The molecule has 0 unspecified atom stereocenters. The molecule has 0 radical (unpaired) electrons. The Bertz CT molecular complexity index is 317. The highest BCUT2D eigenvalue weighted by Crippen LogP contribution is 2.42. The predicted molar refractivity (Wildman–Crippen MR) is 74.0 cm³/mol. The molecular weight excluding hydrogens is 254 g/mol. The van der Waals surface area contributed by atoms with Crippen LogP contribution in [0.25, 0.3) is 0 Å².